The van der Waals surface area contributed by atoms with Gasteiger partial charge >= 0.3 is 0 Å². The fourth-order valence-corrected chi connectivity index (χ4v) is 2.50. The highest BCUT2D eigenvalue weighted by molar-refractivity contribution is 6.30. The Hall–Kier alpha value is -0.730. The molecular formula is C12H17ClN2. The zero-order valence-corrected chi connectivity index (χ0v) is 9.96. The van der Waals surface area contributed by atoms with Crippen LogP contribution in [0.3, 0.4) is 0 Å². The standard InChI is InChI=1S/C12H17ClN2/c1-12(2)7-10(14)8-15(12)11-5-3-9(13)4-6-11/h3-6,10H,7-8,14H2,1-2H3. The molecule has 1 atom stereocenters. The van der Waals surface area contributed by atoms with Crippen LogP contribution in [-0.2, 0) is 0 Å². The molecule has 0 amide bonds. The van der Waals surface area contributed by atoms with E-state index < -0.39 is 0 Å². The van der Waals surface area contributed by atoms with E-state index in [4.69, 9.17) is 17.3 Å². The van der Waals surface area contributed by atoms with Crippen LogP contribution in [-0.4, -0.2) is 18.1 Å². The maximum Gasteiger partial charge on any atom is 0.0407 e. The van der Waals surface area contributed by atoms with Crippen LogP contribution in [0.15, 0.2) is 24.3 Å². The topological polar surface area (TPSA) is 29.3 Å². The highest BCUT2D eigenvalue weighted by Crippen LogP contribution is 2.33. The normalized spacial score (nSPS) is 24.5. The van der Waals surface area contributed by atoms with Gasteiger partial charge in [0.15, 0.2) is 0 Å². The predicted octanol–water partition coefficient (Wildman–Crippen LogP) is 2.66. The Balaban J connectivity index is 2.27. The highest BCUT2D eigenvalue weighted by Gasteiger charge is 2.36. The number of hydrogen-bond donors (Lipinski definition) is 1. The molecule has 1 heterocycles. The molecule has 2 nitrogen and oxygen atoms in total. The number of hydrogen-bond acceptors (Lipinski definition) is 2. The minimum absolute atomic E-state index is 0.146. The van der Waals surface area contributed by atoms with E-state index in [1.807, 2.05) is 12.1 Å². The van der Waals surface area contributed by atoms with E-state index in [0.717, 1.165) is 18.0 Å². The summed E-state index contributed by atoms with van der Waals surface area (Å²) in [4.78, 5) is 2.36. The van der Waals surface area contributed by atoms with E-state index in [2.05, 4.69) is 30.9 Å². The summed E-state index contributed by atoms with van der Waals surface area (Å²) in [5.41, 5.74) is 7.35. The number of nitrogens with two attached hydrogens (primary N) is 1. The quantitative estimate of drug-likeness (QED) is 0.795. The Morgan fingerprint density at radius 3 is 2.40 bits per heavy atom. The van der Waals surface area contributed by atoms with Crippen molar-refractivity contribution >= 4 is 17.3 Å². The van der Waals surface area contributed by atoms with Gasteiger partial charge in [-0.15, -0.1) is 0 Å². The summed E-state index contributed by atoms with van der Waals surface area (Å²) in [7, 11) is 0. The molecule has 1 aromatic rings. The number of nitrogens with zero attached hydrogens (tertiary/aromatic N) is 1. The fraction of sp³-hybridized carbons (Fsp3) is 0.500. The third-order valence-electron chi connectivity index (χ3n) is 3.05. The fourth-order valence-electron chi connectivity index (χ4n) is 2.37. The number of halogens is 1. The lowest BCUT2D eigenvalue weighted by Crippen LogP contribution is -2.38. The molecule has 1 aromatic carbocycles. The van der Waals surface area contributed by atoms with Crippen LogP contribution < -0.4 is 10.6 Å². The Morgan fingerprint density at radius 1 is 1.33 bits per heavy atom. The molecule has 1 aliphatic heterocycles. The molecule has 3 heteroatoms. The first kappa shape index (κ1) is 10.8. The third-order valence-corrected chi connectivity index (χ3v) is 3.30. The van der Waals surface area contributed by atoms with E-state index in [1.54, 1.807) is 0 Å². The predicted molar refractivity (Wildman–Crippen MR) is 65.5 cm³/mol. The molecule has 2 N–H and O–H groups in total. The van der Waals surface area contributed by atoms with E-state index in [0.29, 0.717) is 0 Å². The molecule has 1 fully saturated rings. The van der Waals surface area contributed by atoms with Gasteiger partial charge in [-0.25, -0.2) is 0 Å². The second kappa shape index (κ2) is 3.69. The number of rotatable bonds is 1. The lowest BCUT2D eigenvalue weighted by atomic mass is 10.0. The first-order valence-electron chi connectivity index (χ1n) is 5.28. The lowest BCUT2D eigenvalue weighted by molar-refractivity contribution is 0.506. The monoisotopic (exact) mass is 224 g/mol. The van der Waals surface area contributed by atoms with Crippen LogP contribution in [0, 0.1) is 0 Å². The largest absolute Gasteiger partial charge is 0.365 e. The first-order valence-corrected chi connectivity index (χ1v) is 5.66. The molecule has 0 spiro atoms. The highest BCUT2D eigenvalue weighted by atomic mass is 35.5. The molecule has 1 aliphatic rings. The SMILES string of the molecule is CC1(C)CC(N)CN1c1ccc(Cl)cc1. The Labute approximate surface area is 96.0 Å². The van der Waals surface area contributed by atoms with Gasteiger partial charge in [0.25, 0.3) is 0 Å². The lowest BCUT2D eigenvalue weighted by Gasteiger charge is -2.33. The number of benzene rings is 1. The molecule has 82 valence electrons. The zero-order chi connectivity index (χ0) is 11.1. The van der Waals surface area contributed by atoms with Crippen LogP contribution >= 0.6 is 11.6 Å². The Kier molecular flexibility index (Phi) is 2.65. The summed E-state index contributed by atoms with van der Waals surface area (Å²) in [6.45, 7) is 5.39. The van der Waals surface area contributed by atoms with Crippen molar-refractivity contribution in [3.05, 3.63) is 29.3 Å². The second-order valence-corrected chi connectivity index (χ2v) is 5.30. The van der Waals surface area contributed by atoms with Gasteiger partial charge in [0.2, 0.25) is 0 Å². The Morgan fingerprint density at radius 2 is 1.93 bits per heavy atom. The average Bonchev–Trinajstić information content (AvgIpc) is 2.41. The van der Waals surface area contributed by atoms with Crippen molar-refractivity contribution in [2.45, 2.75) is 31.8 Å². The summed E-state index contributed by atoms with van der Waals surface area (Å²) < 4.78 is 0. The minimum atomic E-state index is 0.146. The minimum Gasteiger partial charge on any atom is -0.365 e. The molecule has 1 unspecified atom stereocenters. The van der Waals surface area contributed by atoms with Crippen LogP contribution in [0.1, 0.15) is 20.3 Å². The number of anilines is 1. The van der Waals surface area contributed by atoms with Gasteiger partial charge in [0.1, 0.15) is 0 Å². The second-order valence-electron chi connectivity index (χ2n) is 4.86. The van der Waals surface area contributed by atoms with Crippen molar-refractivity contribution < 1.29 is 0 Å². The smallest absolute Gasteiger partial charge is 0.0407 e. The van der Waals surface area contributed by atoms with Gasteiger partial charge in [0, 0.05) is 28.8 Å². The molecule has 15 heavy (non-hydrogen) atoms. The summed E-state index contributed by atoms with van der Waals surface area (Å²) in [5.74, 6) is 0. The molecule has 0 bridgehead atoms. The molecule has 0 radical (unpaired) electrons. The molecule has 0 aliphatic carbocycles. The van der Waals surface area contributed by atoms with Crippen molar-refractivity contribution in [3.63, 3.8) is 0 Å². The molecule has 0 aromatic heterocycles. The van der Waals surface area contributed by atoms with Crippen molar-refractivity contribution in [2.24, 2.45) is 5.73 Å². The summed E-state index contributed by atoms with van der Waals surface area (Å²) >= 11 is 5.87. The van der Waals surface area contributed by atoms with Crippen molar-refractivity contribution in [2.75, 3.05) is 11.4 Å². The van der Waals surface area contributed by atoms with Crippen molar-refractivity contribution in [1.29, 1.82) is 0 Å². The van der Waals surface area contributed by atoms with Crippen molar-refractivity contribution in [1.82, 2.24) is 0 Å². The van der Waals surface area contributed by atoms with E-state index in [-0.39, 0.29) is 11.6 Å². The maximum absolute atomic E-state index is 6.00. The Bertz CT molecular complexity index is 345. The van der Waals surface area contributed by atoms with Crippen LogP contribution in [0.4, 0.5) is 5.69 Å². The molecule has 0 saturated carbocycles. The summed E-state index contributed by atoms with van der Waals surface area (Å²) in [6.07, 6.45) is 1.04. The van der Waals surface area contributed by atoms with E-state index in [9.17, 15) is 0 Å². The molecule has 2 rings (SSSR count). The maximum atomic E-state index is 6.00. The van der Waals surface area contributed by atoms with Gasteiger partial charge in [-0.2, -0.15) is 0 Å². The van der Waals surface area contributed by atoms with Crippen molar-refractivity contribution in [3.8, 4) is 0 Å². The third kappa shape index (κ3) is 2.11. The van der Waals surface area contributed by atoms with E-state index >= 15 is 0 Å². The average molecular weight is 225 g/mol. The first-order chi connectivity index (χ1) is 6.99. The van der Waals surface area contributed by atoms with Gasteiger partial charge < -0.3 is 10.6 Å². The van der Waals surface area contributed by atoms with Crippen LogP contribution in [0.2, 0.25) is 5.02 Å². The van der Waals surface area contributed by atoms with Gasteiger partial charge in [-0.05, 0) is 44.5 Å². The summed E-state index contributed by atoms with van der Waals surface area (Å²) in [6, 6.07) is 8.24. The van der Waals surface area contributed by atoms with Crippen LogP contribution in [0.5, 0.6) is 0 Å². The summed E-state index contributed by atoms with van der Waals surface area (Å²) in [5, 5.41) is 0.778. The molecular weight excluding hydrogens is 208 g/mol. The zero-order valence-electron chi connectivity index (χ0n) is 9.20. The van der Waals surface area contributed by atoms with Gasteiger partial charge in [-0.3, -0.25) is 0 Å². The van der Waals surface area contributed by atoms with Gasteiger partial charge in [-0.1, -0.05) is 11.6 Å². The van der Waals surface area contributed by atoms with Crippen LogP contribution in [0.25, 0.3) is 0 Å². The van der Waals surface area contributed by atoms with E-state index in [1.165, 1.54) is 5.69 Å². The molecule has 1 saturated heterocycles. The van der Waals surface area contributed by atoms with Gasteiger partial charge in [0.05, 0.1) is 0 Å².